The van der Waals surface area contributed by atoms with Gasteiger partial charge in [-0.2, -0.15) is 5.10 Å². The number of nitrogens with two attached hydrogens (primary N) is 1. The first-order chi connectivity index (χ1) is 9.06. The van der Waals surface area contributed by atoms with Crippen LogP contribution in [0.25, 0.3) is 11.1 Å². The Morgan fingerprint density at radius 1 is 1.37 bits per heavy atom. The summed E-state index contributed by atoms with van der Waals surface area (Å²) in [7, 11) is 1.82. The smallest absolute Gasteiger partial charge is 0.146 e. The maximum atomic E-state index is 6.32. The zero-order chi connectivity index (χ0) is 13.6. The van der Waals surface area contributed by atoms with Crippen LogP contribution in [0.4, 0.5) is 5.82 Å². The van der Waals surface area contributed by atoms with Crippen molar-refractivity contribution >= 4 is 17.4 Å². The third kappa shape index (κ3) is 2.28. The average molecular weight is 278 g/mol. The first kappa shape index (κ1) is 12.4. The van der Waals surface area contributed by atoms with Crippen molar-refractivity contribution in [3.8, 4) is 16.9 Å². The highest BCUT2D eigenvalue weighted by atomic mass is 35.5. The number of benzene rings is 1. The monoisotopic (exact) mass is 277 g/mol. The molecule has 0 amide bonds. The second-order valence-corrected chi connectivity index (χ2v) is 5.41. The Balaban J connectivity index is 2.14. The molecule has 0 radical (unpaired) electrons. The topological polar surface area (TPSA) is 53.1 Å². The molecule has 3 rings (SSSR count). The third-order valence-corrected chi connectivity index (χ3v) is 3.55. The fourth-order valence-electron chi connectivity index (χ4n) is 2.06. The van der Waals surface area contributed by atoms with Crippen LogP contribution < -0.4 is 10.5 Å². The molecule has 1 aliphatic carbocycles. The molecule has 1 saturated carbocycles. The molecule has 1 aromatic heterocycles. The van der Waals surface area contributed by atoms with Gasteiger partial charge in [-0.15, -0.1) is 0 Å². The summed E-state index contributed by atoms with van der Waals surface area (Å²) >= 11 is 6.32. The molecule has 2 aromatic rings. The highest BCUT2D eigenvalue weighted by Gasteiger charge is 2.27. The van der Waals surface area contributed by atoms with E-state index in [2.05, 4.69) is 5.10 Å². The lowest BCUT2D eigenvalue weighted by molar-refractivity contribution is 0.304. The summed E-state index contributed by atoms with van der Waals surface area (Å²) in [5.74, 6) is 1.33. The first-order valence-electron chi connectivity index (χ1n) is 6.31. The van der Waals surface area contributed by atoms with Crippen LogP contribution in [-0.2, 0) is 7.05 Å². The van der Waals surface area contributed by atoms with Gasteiger partial charge in [0, 0.05) is 18.2 Å². The lowest BCUT2D eigenvalue weighted by Gasteiger charge is -2.13. The van der Waals surface area contributed by atoms with Crippen molar-refractivity contribution in [2.75, 3.05) is 5.73 Å². The predicted octanol–water partition coefficient (Wildman–Crippen LogP) is 3.17. The Kier molecular flexibility index (Phi) is 2.90. The number of aryl methyl sites for hydroxylation is 2. The lowest BCUT2D eigenvalue weighted by Crippen LogP contribution is -2.01. The standard InChI is InChI=1S/C14H16ClN3O/c1-8-5-10(11-7-17-18(2)14(11)16)13(12(15)6-8)19-9-3-4-9/h5-7,9H,3-4,16H2,1-2H3. The molecule has 0 aliphatic heterocycles. The highest BCUT2D eigenvalue weighted by Crippen LogP contribution is 2.42. The zero-order valence-corrected chi connectivity index (χ0v) is 11.7. The molecule has 1 aromatic carbocycles. The minimum atomic E-state index is 0.289. The van der Waals surface area contributed by atoms with Crippen LogP contribution >= 0.6 is 11.6 Å². The number of anilines is 1. The van der Waals surface area contributed by atoms with Gasteiger partial charge in [0.25, 0.3) is 0 Å². The predicted molar refractivity (Wildman–Crippen MR) is 76.5 cm³/mol. The van der Waals surface area contributed by atoms with Crippen molar-refractivity contribution in [1.82, 2.24) is 9.78 Å². The molecular weight excluding hydrogens is 262 g/mol. The normalized spacial score (nSPS) is 14.7. The average Bonchev–Trinajstić information content (AvgIpc) is 3.11. The van der Waals surface area contributed by atoms with Crippen LogP contribution in [0.1, 0.15) is 18.4 Å². The molecule has 0 atom stereocenters. The summed E-state index contributed by atoms with van der Waals surface area (Å²) in [5, 5.41) is 4.81. The molecule has 4 nitrogen and oxygen atoms in total. The van der Waals surface area contributed by atoms with Gasteiger partial charge in [0.1, 0.15) is 11.6 Å². The molecule has 1 heterocycles. The molecule has 100 valence electrons. The van der Waals surface area contributed by atoms with E-state index in [9.17, 15) is 0 Å². The van der Waals surface area contributed by atoms with Gasteiger partial charge in [0.15, 0.2) is 0 Å². The molecule has 0 spiro atoms. The number of nitrogen functional groups attached to an aromatic ring is 1. The second kappa shape index (κ2) is 4.46. The summed E-state index contributed by atoms with van der Waals surface area (Å²) in [5.41, 5.74) is 8.91. The van der Waals surface area contributed by atoms with Crippen molar-refractivity contribution in [1.29, 1.82) is 0 Å². The van der Waals surface area contributed by atoms with Crippen molar-refractivity contribution in [3.05, 3.63) is 28.9 Å². The van der Waals surface area contributed by atoms with E-state index in [-0.39, 0.29) is 6.10 Å². The van der Waals surface area contributed by atoms with Crippen LogP contribution in [0.3, 0.4) is 0 Å². The van der Waals surface area contributed by atoms with E-state index in [4.69, 9.17) is 22.1 Å². The van der Waals surface area contributed by atoms with E-state index in [1.165, 1.54) is 0 Å². The third-order valence-electron chi connectivity index (χ3n) is 3.27. The summed E-state index contributed by atoms with van der Waals surface area (Å²) in [4.78, 5) is 0. The van der Waals surface area contributed by atoms with Gasteiger partial charge < -0.3 is 10.5 Å². The summed E-state index contributed by atoms with van der Waals surface area (Å²) in [6.45, 7) is 2.00. The second-order valence-electron chi connectivity index (χ2n) is 5.01. The Labute approximate surface area is 117 Å². The van der Waals surface area contributed by atoms with Crippen LogP contribution in [0.5, 0.6) is 5.75 Å². The van der Waals surface area contributed by atoms with Crippen LogP contribution in [0.15, 0.2) is 18.3 Å². The number of nitrogens with zero attached hydrogens (tertiary/aromatic N) is 2. The number of hydrogen-bond donors (Lipinski definition) is 1. The van der Waals surface area contributed by atoms with E-state index >= 15 is 0 Å². The molecular formula is C14H16ClN3O. The maximum absolute atomic E-state index is 6.32. The Bertz CT molecular complexity index is 632. The molecule has 1 aliphatic rings. The molecule has 2 N–H and O–H groups in total. The van der Waals surface area contributed by atoms with Gasteiger partial charge in [0.05, 0.1) is 17.3 Å². The van der Waals surface area contributed by atoms with Crippen LogP contribution in [0.2, 0.25) is 5.02 Å². The van der Waals surface area contributed by atoms with Crippen molar-refractivity contribution in [2.45, 2.75) is 25.9 Å². The van der Waals surface area contributed by atoms with Gasteiger partial charge >= 0.3 is 0 Å². The minimum absolute atomic E-state index is 0.289. The Hall–Kier alpha value is -1.68. The molecule has 1 fully saturated rings. The first-order valence-corrected chi connectivity index (χ1v) is 6.68. The van der Waals surface area contributed by atoms with E-state index in [1.54, 1.807) is 10.9 Å². The molecule has 5 heteroatoms. The molecule has 0 unspecified atom stereocenters. The van der Waals surface area contributed by atoms with Crippen molar-refractivity contribution < 1.29 is 4.74 Å². The van der Waals surface area contributed by atoms with E-state index < -0.39 is 0 Å². The minimum Gasteiger partial charge on any atom is -0.488 e. The number of ether oxygens (including phenoxy) is 1. The molecule has 19 heavy (non-hydrogen) atoms. The Morgan fingerprint density at radius 3 is 2.68 bits per heavy atom. The quantitative estimate of drug-likeness (QED) is 0.937. The van der Waals surface area contributed by atoms with E-state index in [0.29, 0.717) is 10.8 Å². The van der Waals surface area contributed by atoms with Crippen molar-refractivity contribution in [2.24, 2.45) is 7.05 Å². The molecule has 0 bridgehead atoms. The van der Waals surface area contributed by atoms with Crippen LogP contribution in [-0.4, -0.2) is 15.9 Å². The zero-order valence-electron chi connectivity index (χ0n) is 11.0. The van der Waals surface area contributed by atoms with Crippen molar-refractivity contribution in [3.63, 3.8) is 0 Å². The lowest BCUT2D eigenvalue weighted by atomic mass is 10.0. The van der Waals surface area contributed by atoms with E-state index in [0.717, 1.165) is 35.3 Å². The van der Waals surface area contributed by atoms with Gasteiger partial charge in [-0.25, -0.2) is 0 Å². The summed E-state index contributed by atoms with van der Waals surface area (Å²) in [6, 6.07) is 3.95. The number of hydrogen-bond acceptors (Lipinski definition) is 3. The Morgan fingerprint density at radius 2 is 2.11 bits per heavy atom. The number of rotatable bonds is 3. The SMILES string of the molecule is Cc1cc(Cl)c(OC2CC2)c(-c2cnn(C)c2N)c1. The van der Waals surface area contributed by atoms with Gasteiger partial charge in [0.2, 0.25) is 0 Å². The summed E-state index contributed by atoms with van der Waals surface area (Å²) < 4.78 is 7.58. The maximum Gasteiger partial charge on any atom is 0.146 e. The van der Waals surface area contributed by atoms with Gasteiger partial charge in [-0.05, 0) is 37.5 Å². The van der Waals surface area contributed by atoms with Gasteiger partial charge in [-0.3, -0.25) is 4.68 Å². The highest BCUT2D eigenvalue weighted by molar-refractivity contribution is 6.32. The van der Waals surface area contributed by atoms with E-state index in [1.807, 2.05) is 26.1 Å². The fourth-order valence-corrected chi connectivity index (χ4v) is 2.37. The van der Waals surface area contributed by atoms with Gasteiger partial charge in [-0.1, -0.05) is 11.6 Å². The van der Waals surface area contributed by atoms with Crippen LogP contribution in [0, 0.1) is 6.92 Å². The molecule has 0 saturated heterocycles. The number of halogens is 1. The fraction of sp³-hybridized carbons (Fsp3) is 0.357. The number of aromatic nitrogens is 2. The largest absolute Gasteiger partial charge is 0.488 e. The summed E-state index contributed by atoms with van der Waals surface area (Å²) in [6.07, 6.45) is 4.22.